The molecule has 1 N–H and O–H groups in total. The van der Waals surface area contributed by atoms with Gasteiger partial charge < -0.3 is 10.0 Å². The molecule has 1 saturated heterocycles. The Kier molecular flexibility index (Phi) is 4.49. The molecule has 1 fully saturated rings. The molecule has 2 rings (SSSR count). The molecule has 0 aromatic heterocycles. The smallest absolute Gasteiger partial charge is 0.0696 e. The summed E-state index contributed by atoms with van der Waals surface area (Å²) >= 11 is 6.15. The van der Waals surface area contributed by atoms with Crippen molar-refractivity contribution in [1.29, 1.82) is 0 Å². The molecule has 1 atom stereocenters. The van der Waals surface area contributed by atoms with Crippen molar-refractivity contribution in [3.63, 3.8) is 0 Å². The normalized spacial score (nSPS) is 21.3. The number of halogens is 1. The number of aliphatic hydroxyl groups is 1. The number of aliphatic hydroxyl groups excluding tert-OH is 1. The van der Waals surface area contributed by atoms with Crippen molar-refractivity contribution in [2.75, 3.05) is 31.6 Å². The molecule has 0 bridgehead atoms. The summed E-state index contributed by atoms with van der Waals surface area (Å²) in [7, 11) is 2.19. The van der Waals surface area contributed by atoms with Gasteiger partial charge in [0.25, 0.3) is 0 Å². The third kappa shape index (κ3) is 2.79. The van der Waals surface area contributed by atoms with Gasteiger partial charge in [0.1, 0.15) is 0 Å². The van der Waals surface area contributed by atoms with Gasteiger partial charge in [0.15, 0.2) is 0 Å². The van der Waals surface area contributed by atoms with Crippen molar-refractivity contribution < 1.29 is 5.11 Å². The maximum absolute atomic E-state index is 9.13. The zero-order chi connectivity index (χ0) is 13.1. The van der Waals surface area contributed by atoms with E-state index in [0.717, 1.165) is 37.3 Å². The fraction of sp³-hybridized carbons (Fsp3) is 0.571. The molecule has 0 saturated carbocycles. The second-order valence-electron chi connectivity index (χ2n) is 4.92. The standard InChI is InChI=1S/C14H21ClN2O/c1-3-12-9-17(7-6-16(12)2)13-5-4-11(10-18)14(15)8-13/h4-5,8,12,18H,3,6-7,9-10H2,1-2H3. The van der Waals surface area contributed by atoms with Crippen LogP contribution < -0.4 is 4.90 Å². The Bertz CT molecular complexity index is 411. The van der Waals surface area contributed by atoms with Gasteiger partial charge in [-0.05, 0) is 31.2 Å². The van der Waals surface area contributed by atoms with Gasteiger partial charge in [0.05, 0.1) is 6.61 Å². The minimum atomic E-state index is -0.000559. The van der Waals surface area contributed by atoms with Crippen LogP contribution in [0.2, 0.25) is 5.02 Å². The van der Waals surface area contributed by atoms with Gasteiger partial charge in [-0.25, -0.2) is 0 Å². The molecule has 3 nitrogen and oxygen atoms in total. The summed E-state index contributed by atoms with van der Waals surface area (Å²) in [6.07, 6.45) is 1.16. The SMILES string of the molecule is CCC1CN(c2ccc(CO)c(Cl)c2)CCN1C. The molecule has 0 spiro atoms. The van der Waals surface area contributed by atoms with Crippen molar-refractivity contribution in [2.45, 2.75) is 26.0 Å². The molecule has 0 aliphatic carbocycles. The van der Waals surface area contributed by atoms with Crippen LogP contribution in [0.3, 0.4) is 0 Å². The summed E-state index contributed by atoms with van der Waals surface area (Å²) in [4.78, 5) is 4.79. The first-order valence-corrected chi connectivity index (χ1v) is 6.88. The highest BCUT2D eigenvalue weighted by Crippen LogP contribution is 2.26. The molecule has 1 aliphatic heterocycles. The molecule has 1 heterocycles. The number of benzene rings is 1. The van der Waals surface area contributed by atoms with E-state index in [4.69, 9.17) is 16.7 Å². The van der Waals surface area contributed by atoms with Gasteiger partial charge in [-0.15, -0.1) is 0 Å². The van der Waals surface area contributed by atoms with Gasteiger partial charge in [0, 0.05) is 36.4 Å². The summed E-state index contributed by atoms with van der Waals surface area (Å²) in [6, 6.07) is 6.53. The van der Waals surface area contributed by atoms with E-state index < -0.39 is 0 Å². The largest absolute Gasteiger partial charge is 0.392 e. The van der Waals surface area contributed by atoms with E-state index in [1.807, 2.05) is 12.1 Å². The number of nitrogens with zero attached hydrogens (tertiary/aromatic N) is 2. The Morgan fingerprint density at radius 2 is 2.17 bits per heavy atom. The van der Waals surface area contributed by atoms with Crippen LogP contribution >= 0.6 is 11.6 Å². The molecule has 1 aliphatic rings. The number of rotatable bonds is 3. The monoisotopic (exact) mass is 268 g/mol. The van der Waals surface area contributed by atoms with Gasteiger partial charge in [-0.3, -0.25) is 4.90 Å². The number of hydrogen-bond donors (Lipinski definition) is 1. The van der Waals surface area contributed by atoms with Crippen molar-refractivity contribution in [1.82, 2.24) is 4.90 Å². The molecule has 18 heavy (non-hydrogen) atoms. The molecular formula is C14H21ClN2O. The first-order valence-electron chi connectivity index (χ1n) is 6.50. The second-order valence-corrected chi connectivity index (χ2v) is 5.33. The Morgan fingerprint density at radius 1 is 1.39 bits per heavy atom. The molecule has 100 valence electrons. The van der Waals surface area contributed by atoms with Crippen molar-refractivity contribution in [3.05, 3.63) is 28.8 Å². The molecule has 4 heteroatoms. The summed E-state index contributed by atoms with van der Waals surface area (Å²) in [5.41, 5.74) is 1.95. The molecule has 1 aromatic rings. The Hall–Kier alpha value is -0.770. The Morgan fingerprint density at radius 3 is 2.78 bits per heavy atom. The van der Waals surface area contributed by atoms with E-state index >= 15 is 0 Å². The van der Waals surface area contributed by atoms with E-state index in [2.05, 4.69) is 29.8 Å². The zero-order valence-corrected chi connectivity index (χ0v) is 11.8. The summed E-state index contributed by atoms with van der Waals surface area (Å²) < 4.78 is 0. The van der Waals surface area contributed by atoms with E-state index in [1.165, 1.54) is 0 Å². The number of likely N-dealkylation sites (N-methyl/N-ethyl adjacent to an activating group) is 1. The fourth-order valence-corrected chi connectivity index (χ4v) is 2.72. The third-order valence-corrected chi connectivity index (χ3v) is 4.17. The van der Waals surface area contributed by atoms with Crippen LogP contribution in [0.15, 0.2) is 18.2 Å². The first kappa shape index (κ1) is 13.7. The van der Waals surface area contributed by atoms with E-state index in [0.29, 0.717) is 11.1 Å². The lowest BCUT2D eigenvalue weighted by molar-refractivity contribution is 0.213. The molecule has 1 aromatic carbocycles. The van der Waals surface area contributed by atoms with E-state index in [-0.39, 0.29) is 6.61 Å². The van der Waals surface area contributed by atoms with Crippen LogP contribution in [0.5, 0.6) is 0 Å². The van der Waals surface area contributed by atoms with Crippen LogP contribution in [0.25, 0.3) is 0 Å². The maximum Gasteiger partial charge on any atom is 0.0696 e. The van der Waals surface area contributed by atoms with Crippen LogP contribution in [0.1, 0.15) is 18.9 Å². The van der Waals surface area contributed by atoms with E-state index in [1.54, 1.807) is 0 Å². The Labute approximate surface area is 114 Å². The fourth-order valence-electron chi connectivity index (χ4n) is 2.48. The summed E-state index contributed by atoms with van der Waals surface area (Å²) in [5.74, 6) is 0. The topological polar surface area (TPSA) is 26.7 Å². The minimum absolute atomic E-state index is 0.000559. The molecule has 0 radical (unpaired) electrons. The van der Waals surface area contributed by atoms with E-state index in [9.17, 15) is 0 Å². The molecule has 1 unspecified atom stereocenters. The van der Waals surface area contributed by atoms with Crippen LogP contribution in [-0.4, -0.2) is 42.7 Å². The summed E-state index contributed by atoms with van der Waals surface area (Å²) in [5, 5.41) is 9.78. The predicted octanol–water partition coefficient (Wildman–Crippen LogP) is 2.36. The van der Waals surface area contributed by atoms with Gasteiger partial charge in [0.2, 0.25) is 0 Å². The van der Waals surface area contributed by atoms with Crippen molar-refractivity contribution >= 4 is 17.3 Å². The van der Waals surface area contributed by atoms with Crippen molar-refractivity contribution in [2.24, 2.45) is 0 Å². The van der Waals surface area contributed by atoms with Crippen LogP contribution in [-0.2, 0) is 6.61 Å². The highest BCUT2D eigenvalue weighted by Gasteiger charge is 2.23. The average Bonchev–Trinajstić information content (AvgIpc) is 2.39. The van der Waals surface area contributed by atoms with Gasteiger partial charge in [-0.1, -0.05) is 24.6 Å². The Balaban J connectivity index is 2.14. The average molecular weight is 269 g/mol. The van der Waals surface area contributed by atoms with Gasteiger partial charge in [-0.2, -0.15) is 0 Å². The minimum Gasteiger partial charge on any atom is -0.392 e. The first-order chi connectivity index (χ1) is 8.65. The highest BCUT2D eigenvalue weighted by molar-refractivity contribution is 6.31. The lowest BCUT2D eigenvalue weighted by Crippen LogP contribution is -2.51. The second kappa shape index (κ2) is 5.91. The van der Waals surface area contributed by atoms with Crippen molar-refractivity contribution in [3.8, 4) is 0 Å². The lowest BCUT2D eigenvalue weighted by Gasteiger charge is -2.40. The maximum atomic E-state index is 9.13. The molecule has 0 amide bonds. The number of hydrogen-bond acceptors (Lipinski definition) is 3. The zero-order valence-electron chi connectivity index (χ0n) is 11.1. The van der Waals surface area contributed by atoms with Crippen LogP contribution in [0.4, 0.5) is 5.69 Å². The molecular weight excluding hydrogens is 248 g/mol. The highest BCUT2D eigenvalue weighted by atomic mass is 35.5. The number of piperazine rings is 1. The third-order valence-electron chi connectivity index (χ3n) is 3.82. The lowest BCUT2D eigenvalue weighted by atomic mass is 10.1. The van der Waals surface area contributed by atoms with Crippen LogP contribution in [0, 0.1) is 0 Å². The summed E-state index contributed by atoms with van der Waals surface area (Å²) in [6.45, 7) is 5.38. The van der Waals surface area contributed by atoms with Gasteiger partial charge >= 0.3 is 0 Å². The quantitative estimate of drug-likeness (QED) is 0.912. The number of anilines is 1. The predicted molar refractivity (Wildman–Crippen MR) is 76.3 cm³/mol.